The second kappa shape index (κ2) is 29.0. The summed E-state index contributed by atoms with van der Waals surface area (Å²) in [6.07, 6.45) is 0. The Balaban J connectivity index is 4.02. The van der Waals surface area contributed by atoms with Crippen LogP contribution in [0.3, 0.4) is 0 Å². The molecule has 0 aliphatic carbocycles. The number of hydrogen-bond donors (Lipinski definition) is 15. The van der Waals surface area contributed by atoms with Gasteiger partial charge in [0.25, 0.3) is 0 Å². The number of rotatable bonds is 27. The number of carbonyl (C=O) groups is 14. The van der Waals surface area contributed by atoms with E-state index < -0.39 is 168 Å². The zero-order valence-electron chi connectivity index (χ0n) is 30.1. The Kier molecular flexibility index (Phi) is 25.2. The van der Waals surface area contributed by atoms with Gasteiger partial charge in [-0.1, -0.05) is 0 Å². The minimum absolute atomic E-state index is 0.321. The Morgan fingerprint density at radius 2 is 0.368 bits per heavy atom. The lowest BCUT2D eigenvalue weighted by atomic mass is 10.4. The number of carbonyl (C=O) groups excluding carboxylic acids is 13. The molecule has 29 nitrogen and oxygen atoms in total. The van der Waals surface area contributed by atoms with Crippen LogP contribution in [0.15, 0.2) is 0 Å². The van der Waals surface area contributed by atoms with Crippen LogP contribution in [0.4, 0.5) is 0 Å². The first-order chi connectivity index (χ1) is 26.9. The van der Waals surface area contributed by atoms with Crippen molar-refractivity contribution in [1.29, 1.82) is 0 Å². The smallest absolute Gasteiger partial charge is 0.322 e. The summed E-state index contributed by atoms with van der Waals surface area (Å²) < 4.78 is 0. The molecule has 0 aliphatic heterocycles. The number of amides is 13. The zero-order chi connectivity index (χ0) is 43.2. The second-order valence-corrected chi connectivity index (χ2v) is 10.7. The highest BCUT2D eigenvalue weighted by Gasteiger charge is 2.14. The molecular weight excluding hydrogens is 772 g/mol. The van der Waals surface area contributed by atoms with Gasteiger partial charge in [-0.15, -0.1) is 0 Å². The molecule has 16 N–H and O–H groups in total. The lowest BCUT2D eigenvalue weighted by molar-refractivity contribution is -0.138. The van der Waals surface area contributed by atoms with Gasteiger partial charge in [0.15, 0.2) is 0 Å². The Morgan fingerprint density at radius 3 is 0.491 bits per heavy atom. The van der Waals surface area contributed by atoms with Crippen molar-refractivity contribution >= 4 is 82.8 Å². The van der Waals surface area contributed by atoms with Gasteiger partial charge in [0.2, 0.25) is 76.8 Å². The number of aliphatic carboxylic acids is 1. The lowest BCUT2D eigenvalue weighted by Gasteiger charge is -2.10. The molecule has 0 unspecified atom stereocenters. The highest BCUT2D eigenvalue weighted by Crippen LogP contribution is 1.76. The molecule has 0 aromatic heterocycles. The molecule has 0 saturated carbocycles. The number of nitrogens with one attached hydrogen (secondary N) is 13. The summed E-state index contributed by atoms with van der Waals surface area (Å²) in [6, 6.07) is 0. The van der Waals surface area contributed by atoms with E-state index in [0.29, 0.717) is 0 Å². The quantitative estimate of drug-likeness (QED) is 0.0366. The van der Waals surface area contributed by atoms with E-state index in [2.05, 4.69) is 63.8 Å². The summed E-state index contributed by atoms with van der Waals surface area (Å²) in [5.74, 6) is -11.3. The number of nitrogens with two attached hydrogens (primary N) is 1. The average Bonchev–Trinajstić information content (AvgIpc) is 3.18. The molecule has 57 heavy (non-hydrogen) atoms. The maximum atomic E-state index is 11.9. The normalized spacial score (nSPS) is 9.77. The van der Waals surface area contributed by atoms with Crippen LogP contribution in [0.5, 0.6) is 0 Å². The fourth-order valence-electron chi connectivity index (χ4n) is 3.14. The molecule has 0 heterocycles. The maximum absolute atomic E-state index is 11.9. The predicted octanol–water partition coefficient (Wildman–Crippen LogP) is -12.5. The van der Waals surface area contributed by atoms with E-state index in [9.17, 15) is 67.1 Å². The first-order valence-corrected chi connectivity index (χ1v) is 16.3. The molecule has 0 aliphatic rings. The molecule has 0 radical (unpaired) electrons. The SMILES string of the molecule is NCC(=O)NCC(=O)NCC(=O)NCC(=O)NCC(=O)NCC(=O)NCC(=O)NCC(=O)NCC(=O)NCC(=O)NCC(=O)NCC(=O)NCC(=O)NCC(=O)O. The third-order valence-corrected chi connectivity index (χ3v) is 5.98. The predicted molar refractivity (Wildman–Crippen MR) is 186 cm³/mol. The molecule has 0 rings (SSSR count). The highest BCUT2D eigenvalue weighted by molar-refractivity contribution is 5.94. The highest BCUT2D eigenvalue weighted by atomic mass is 16.4. The number of carboxylic acid groups (broad SMARTS) is 1. The van der Waals surface area contributed by atoms with Gasteiger partial charge >= 0.3 is 5.97 Å². The van der Waals surface area contributed by atoms with E-state index in [1.807, 2.05) is 5.32 Å². The third-order valence-electron chi connectivity index (χ3n) is 5.98. The van der Waals surface area contributed by atoms with Crippen LogP contribution in [0, 0.1) is 0 Å². The molecule has 316 valence electrons. The van der Waals surface area contributed by atoms with Crippen molar-refractivity contribution in [2.45, 2.75) is 0 Å². The maximum Gasteiger partial charge on any atom is 0.322 e. The summed E-state index contributed by atoms with van der Waals surface area (Å²) in [7, 11) is 0. The van der Waals surface area contributed by atoms with Gasteiger partial charge in [0.1, 0.15) is 6.54 Å². The van der Waals surface area contributed by atoms with E-state index in [4.69, 9.17) is 10.8 Å². The van der Waals surface area contributed by atoms with Crippen molar-refractivity contribution in [3.05, 3.63) is 0 Å². The van der Waals surface area contributed by atoms with Gasteiger partial charge in [-0.3, -0.25) is 67.1 Å². The van der Waals surface area contributed by atoms with Crippen molar-refractivity contribution in [3.8, 4) is 0 Å². The largest absolute Gasteiger partial charge is 0.480 e. The van der Waals surface area contributed by atoms with E-state index in [1.54, 1.807) is 0 Å². The molecule has 0 fully saturated rings. The van der Waals surface area contributed by atoms with Crippen LogP contribution in [0.2, 0.25) is 0 Å². The van der Waals surface area contributed by atoms with Gasteiger partial charge in [-0.25, -0.2) is 0 Å². The molecule has 13 amide bonds. The minimum atomic E-state index is -1.28. The third kappa shape index (κ3) is 29.7. The molecule has 0 aromatic rings. The zero-order valence-corrected chi connectivity index (χ0v) is 30.1. The van der Waals surface area contributed by atoms with Crippen LogP contribution in [-0.4, -0.2) is 179 Å². The van der Waals surface area contributed by atoms with Gasteiger partial charge in [0, 0.05) is 0 Å². The number of carboxylic acids is 1. The van der Waals surface area contributed by atoms with E-state index in [0.717, 1.165) is 0 Å². The molecule has 0 spiro atoms. The summed E-state index contributed by atoms with van der Waals surface area (Å²) in [4.78, 5) is 162. The molecule has 0 aromatic carbocycles. The fraction of sp³-hybridized carbons (Fsp3) is 0.500. The lowest BCUT2D eigenvalue weighted by Crippen LogP contribution is -2.48. The van der Waals surface area contributed by atoms with E-state index >= 15 is 0 Å². The van der Waals surface area contributed by atoms with Crippen LogP contribution in [-0.2, 0) is 67.1 Å². The van der Waals surface area contributed by atoms with Crippen LogP contribution in [0.25, 0.3) is 0 Å². The topological polar surface area (TPSA) is 442 Å². The summed E-state index contributed by atoms with van der Waals surface area (Å²) >= 11 is 0. The van der Waals surface area contributed by atoms with Gasteiger partial charge in [-0.05, 0) is 0 Å². The fourth-order valence-corrected chi connectivity index (χ4v) is 3.14. The molecule has 0 saturated heterocycles. The van der Waals surface area contributed by atoms with Gasteiger partial charge in [0.05, 0.1) is 85.1 Å². The van der Waals surface area contributed by atoms with Crippen molar-refractivity contribution in [1.82, 2.24) is 69.1 Å². The molecule has 29 heteroatoms. The van der Waals surface area contributed by atoms with E-state index in [1.165, 1.54) is 0 Å². The second-order valence-electron chi connectivity index (χ2n) is 10.7. The minimum Gasteiger partial charge on any atom is -0.480 e. The van der Waals surface area contributed by atoms with Crippen LogP contribution < -0.4 is 74.9 Å². The standard InChI is InChI=1S/C28H44N14O15/c29-1-15(43)30-2-16(44)31-3-17(45)32-4-18(46)33-5-19(47)34-6-20(48)35-7-21(49)36-8-22(50)37-9-23(51)38-10-24(52)39-11-25(53)40-12-26(54)41-13-27(55)42-14-28(56)57/h1-14,29H2,(H,30,43)(H,31,44)(H,32,45)(H,33,46)(H,34,47)(H,35,48)(H,36,49)(H,37,50)(H,38,51)(H,39,52)(H,40,53)(H,41,54)(H,42,55)(H,56,57). The van der Waals surface area contributed by atoms with Crippen molar-refractivity contribution in [2.75, 3.05) is 91.6 Å². The summed E-state index contributed by atoms with van der Waals surface area (Å²) in [6.45, 7) is -7.64. The Labute approximate surface area is 321 Å². The van der Waals surface area contributed by atoms with Gasteiger partial charge < -0.3 is 80.0 Å². The first-order valence-electron chi connectivity index (χ1n) is 16.3. The van der Waals surface area contributed by atoms with Crippen LogP contribution >= 0.6 is 0 Å². The Bertz CT molecular complexity index is 1540. The Hall–Kier alpha value is -7.46. The van der Waals surface area contributed by atoms with Gasteiger partial charge in [-0.2, -0.15) is 0 Å². The molecular formula is C28H44N14O15. The van der Waals surface area contributed by atoms with Crippen molar-refractivity contribution < 1.29 is 72.2 Å². The molecule has 0 atom stereocenters. The van der Waals surface area contributed by atoms with Crippen LogP contribution in [0.1, 0.15) is 0 Å². The Morgan fingerprint density at radius 1 is 0.246 bits per heavy atom. The summed E-state index contributed by atoms with van der Waals surface area (Å²) in [5.41, 5.74) is 5.07. The monoisotopic (exact) mass is 816 g/mol. The van der Waals surface area contributed by atoms with E-state index in [-0.39, 0.29) is 6.54 Å². The number of hydrogen-bond acceptors (Lipinski definition) is 15. The first kappa shape index (κ1) is 49.5. The van der Waals surface area contributed by atoms with Crippen molar-refractivity contribution in [2.24, 2.45) is 5.73 Å². The average molecular weight is 817 g/mol. The molecule has 0 bridgehead atoms. The van der Waals surface area contributed by atoms with Crippen molar-refractivity contribution in [3.63, 3.8) is 0 Å². The summed E-state index contributed by atoms with van der Waals surface area (Å²) in [5, 5.41) is 36.4.